The normalized spacial score (nSPS) is 35.8. The van der Waals surface area contributed by atoms with E-state index < -0.39 is 17.4 Å². The number of fused-ring (bicyclic) bond motifs is 1. The third-order valence-electron chi connectivity index (χ3n) is 5.56. The van der Waals surface area contributed by atoms with Gasteiger partial charge in [-0.1, -0.05) is 12.8 Å². The molecule has 0 aromatic rings. The minimum atomic E-state index is -0.839. The van der Waals surface area contributed by atoms with Crippen molar-refractivity contribution in [3.05, 3.63) is 0 Å². The average molecular weight is 266 g/mol. The summed E-state index contributed by atoms with van der Waals surface area (Å²) in [5, 5.41) is 9.48. The van der Waals surface area contributed by atoms with Gasteiger partial charge in [0, 0.05) is 13.1 Å². The predicted molar refractivity (Wildman–Crippen MR) is 69.3 cm³/mol. The maximum Gasteiger partial charge on any atom is 0.326 e. The van der Waals surface area contributed by atoms with E-state index >= 15 is 0 Å². The zero-order valence-electron chi connectivity index (χ0n) is 11.2. The van der Waals surface area contributed by atoms with Crippen LogP contribution in [-0.2, 0) is 9.59 Å². The number of aliphatic carboxylic acids is 1. The molecule has 5 heteroatoms. The second-order valence-corrected chi connectivity index (χ2v) is 6.43. The van der Waals surface area contributed by atoms with Crippen molar-refractivity contribution < 1.29 is 14.7 Å². The van der Waals surface area contributed by atoms with E-state index in [4.69, 9.17) is 5.73 Å². The highest BCUT2D eigenvalue weighted by Crippen LogP contribution is 2.47. The number of rotatable bonds is 3. The van der Waals surface area contributed by atoms with E-state index in [0.29, 0.717) is 19.0 Å². The topological polar surface area (TPSA) is 83.6 Å². The van der Waals surface area contributed by atoms with Crippen LogP contribution >= 0.6 is 0 Å². The molecule has 3 aliphatic rings. The number of carboxylic acids is 1. The maximum atomic E-state index is 12.7. The summed E-state index contributed by atoms with van der Waals surface area (Å²) in [6.45, 7) is 0.978. The fourth-order valence-electron chi connectivity index (χ4n) is 4.24. The van der Waals surface area contributed by atoms with E-state index in [1.54, 1.807) is 4.90 Å². The van der Waals surface area contributed by atoms with Crippen molar-refractivity contribution in [1.82, 2.24) is 4.90 Å². The Morgan fingerprint density at radius 2 is 2.00 bits per heavy atom. The number of hydrogen-bond acceptors (Lipinski definition) is 3. The number of nitrogens with two attached hydrogens (primary N) is 1. The smallest absolute Gasteiger partial charge is 0.326 e. The molecular formula is C14H22N2O3. The molecule has 2 aliphatic carbocycles. The minimum absolute atomic E-state index is 0.00282. The van der Waals surface area contributed by atoms with Crippen LogP contribution < -0.4 is 5.73 Å². The van der Waals surface area contributed by atoms with E-state index in [9.17, 15) is 14.7 Å². The first-order chi connectivity index (χ1) is 9.09. The van der Waals surface area contributed by atoms with Gasteiger partial charge >= 0.3 is 5.97 Å². The molecule has 19 heavy (non-hydrogen) atoms. The lowest BCUT2D eigenvalue weighted by Gasteiger charge is -2.43. The molecule has 0 aromatic carbocycles. The van der Waals surface area contributed by atoms with Crippen LogP contribution in [0.5, 0.6) is 0 Å². The molecule has 3 rings (SSSR count). The number of likely N-dealkylation sites (tertiary alicyclic amines) is 1. The van der Waals surface area contributed by atoms with Gasteiger partial charge in [-0.2, -0.15) is 0 Å². The van der Waals surface area contributed by atoms with Gasteiger partial charge in [-0.25, -0.2) is 4.79 Å². The largest absolute Gasteiger partial charge is 0.480 e. The molecule has 3 N–H and O–H groups in total. The monoisotopic (exact) mass is 266 g/mol. The summed E-state index contributed by atoms with van der Waals surface area (Å²) < 4.78 is 0. The van der Waals surface area contributed by atoms with Gasteiger partial charge in [0.1, 0.15) is 6.04 Å². The summed E-state index contributed by atoms with van der Waals surface area (Å²) in [7, 11) is 0. The standard InChI is InChI=1S/C14H22N2O3/c15-8-14(5-2-6-14)13(19)16-7-9-3-1-4-10(9)11(16)12(17)18/h9-11H,1-8,15H2,(H,17,18). The van der Waals surface area contributed by atoms with Crippen LogP contribution in [0.15, 0.2) is 0 Å². The molecule has 106 valence electrons. The zero-order chi connectivity index (χ0) is 13.6. The van der Waals surface area contributed by atoms with Gasteiger partial charge < -0.3 is 15.7 Å². The van der Waals surface area contributed by atoms with E-state index in [1.807, 2.05) is 0 Å². The van der Waals surface area contributed by atoms with Gasteiger partial charge in [0.15, 0.2) is 0 Å². The van der Waals surface area contributed by atoms with E-state index in [1.165, 1.54) is 0 Å². The van der Waals surface area contributed by atoms with Gasteiger partial charge in [-0.3, -0.25) is 4.79 Å². The van der Waals surface area contributed by atoms with Crippen molar-refractivity contribution in [1.29, 1.82) is 0 Å². The molecule has 3 unspecified atom stereocenters. The summed E-state index contributed by atoms with van der Waals surface area (Å²) in [4.78, 5) is 25.9. The highest BCUT2D eigenvalue weighted by molar-refractivity contribution is 5.89. The van der Waals surface area contributed by atoms with Crippen molar-refractivity contribution in [2.24, 2.45) is 23.0 Å². The molecule has 5 nitrogen and oxygen atoms in total. The van der Waals surface area contributed by atoms with Crippen LogP contribution in [0, 0.1) is 17.3 Å². The van der Waals surface area contributed by atoms with Crippen LogP contribution in [0.4, 0.5) is 0 Å². The molecule has 3 fully saturated rings. The Morgan fingerprint density at radius 1 is 1.26 bits per heavy atom. The van der Waals surface area contributed by atoms with Crippen LogP contribution in [0.1, 0.15) is 38.5 Å². The first-order valence-electron chi connectivity index (χ1n) is 7.33. The fourth-order valence-corrected chi connectivity index (χ4v) is 4.24. The van der Waals surface area contributed by atoms with Gasteiger partial charge in [-0.05, 0) is 37.5 Å². The Balaban J connectivity index is 1.83. The lowest BCUT2D eigenvalue weighted by atomic mass is 9.67. The number of carbonyl (C=O) groups is 2. The third kappa shape index (κ3) is 1.78. The zero-order valence-corrected chi connectivity index (χ0v) is 11.2. The Labute approximate surface area is 113 Å². The van der Waals surface area contributed by atoms with E-state index in [2.05, 4.69) is 0 Å². The van der Waals surface area contributed by atoms with E-state index in [-0.39, 0.29) is 11.8 Å². The molecule has 1 amide bonds. The summed E-state index contributed by atoms with van der Waals surface area (Å²) in [6, 6.07) is -0.607. The molecule has 1 heterocycles. The first kappa shape index (κ1) is 12.9. The quantitative estimate of drug-likeness (QED) is 0.792. The van der Waals surface area contributed by atoms with E-state index in [0.717, 1.165) is 38.5 Å². The lowest BCUT2D eigenvalue weighted by Crippen LogP contribution is -2.55. The Bertz CT molecular complexity index is 400. The molecule has 0 aromatic heterocycles. The molecule has 0 bridgehead atoms. The molecular weight excluding hydrogens is 244 g/mol. The summed E-state index contributed by atoms with van der Waals surface area (Å²) >= 11 is 0. The molecule has 2 saturated carbocycles. The maximum absolute atomic E-state index is 12.7. The molecule has 0 radical (unpaired) electrons. The minimum Gasteiger partial charge on any atom is -0.480 e. The van der Waals surface area contributed by atoms with Crippen molar-refractivity contribution in [3.8, 4) is 0 Å². The second-order valence-electron chi connectivity index (χ2n) is 6.43. The van der Waals surface area contributed by atoms with Gasteiger partial charge in [0.25, 0.3) is 0 Å². The number of nitrogens with zero attached hydrogens (tertiary/aromatic N) is 1. The number of amides is 1. The van der Waals surface area contributed by atoms with Crippen molar-refractivity contribution in [2.75, 3.05) is 13.1 Å². The molecule has 1 saturated heterocycles. The molecule has 1 aliphatic heterocycles. The average Bonchev–Trinajstić information content (AvgIpc) is 2.86. The summed E-state index contributed by atoms with van der Waals surface area (Å²) in [5.41, 5.74) is 5.33. The number of carboxylic acid groups (broad SMARTS) is 1. The van der Waals surface area contributed by atoms with Crippen LogP contribution in [-0.4, -0.2) is 41.0 Å². The molecule has 3 atom stereocenters. The Morgan fingerprint density at radius 3 is 2.53 bits per heavy atom. The first-order valence-corrected chi connectivity index (χ1v) is 7.33. The van der Waals surface area contributed by atoms with Crippen molar-refractivity contribution >= 4 is 11.9 Å². The van der Waals surface area contributed by atoms with Crippen LogP contribution in [0.3, 0.4) is 0 Å². The molecule has 0 spiro atoms. The number of carbonyl (C=O) groups excluding carboxylic acids is 1. The van der Waals surface area contributed by atoms with Gasteiger partial charge in [0.2, 0.25) is 5.91 Å². The SMILES string of the molecule is NCC1(C(=O)N2CC3CCCC3C2C(=O)O)CCC1. The van der Waals surface area contributed by atoms with Gasteiger partial charge in [0.05, 0.1) is 5.41 Å². The predicted octanol–water partition coefficient (Wildman–Crippen LogP) is 0.827. The lowest BCUT2D eigenvalue weighted by molar-refractivity contribution is -0.157. The highest BCUT2D eigenvalue weighted by Gasteiger charge is 2.54. The van der Waals surface area contributed by atoms with Crippen molar-refractivity contribution in [2.45, 2.75) is 44.6 Å². The Kier molecular flexibility index (Phi) is 3.04. The summed E-state index contributed by atoms with van der Waals surface area (Å²) in [6.07, 6.45) is 5.78. The Hall–Kier alpha value is -1.10. The highest BCUT2D eigenvalue weighted by atomic mass is 16.4. The fraction of sp³-hybridized carbons (Fsp3) is 0.857. The summed E-state index contributed by atoms with van der Waals surface area (Å²) in [5.74, 6) is -0.284. The third-order valence-corrected chi connectivity index (χ3v) is 5.56. The second kappa shape index (κ2) is 4.47. The van der Waals surface area contributed by atoms with Crippen LogP contribution in [0.25, 0.3) is 0 Å². The van der Waals surface area contributed by atoms with Gasteiger partial charge in [-0.15, -0.1) is 0 Å². The van der Waals surface area contributed by atoms with Crippen molar-refractivity contribution in [3.63, 3.8) is 0 Å². The van der Waals surface area contributed by atoms with Crippen LogP contribution in [0.2, 0.25) is 0 Å². The number of hydrogen-bond donors (Lipinski definition) is 2.